The molecule has 0 saturated carbocycles. The smallest absolute Gasteiger partial charge is 0.147 e. The second kappa shape index (κ2) is 6.50. The molecule has 0 fully saturated rings. The van der Waals surface area contributed by atoms with Crippen molar-refractivity contribution in [2.75, 3.05) is 19.7 Å². The Morgan fingerprint density at radius 1 is 0.905 bits per heavy atom. The molecule has 0 atom stereocenters. The van der Waals surface area contributed by atoms with Gasteiger partial charge in [-0.2, -0.15) is 0 Å². The Hall–Kier alpha value is -2.20. The molecule has 1 aromatic heterocycles. The third kappa shape index (κ3) is 3.11. The zero-order valence-electron chi connectivity index (χ0n) is 12.2. The van der Waals surface area contributed by atoms with Crippen molar-refractivity contribution in [2.24, 2.45) is 0 Å². The number of nitrogens with one attached hydrogen (secondary N) is 1. The van der Waals surface area contributed by atoms with Crippen LogP contribution < -0.4 is 10.1 Å². The number of aromatic nitrogens is 2. The van der Waals surface area contributed by atoms with Gasteiger partial charge in [0.15, 0.2) is 0 Å². The van der Waals surface area contributed by atoms with E-state index in [1.165, 1.54) is 0 Å². The summed E-state index contributed by atoms with van der Waals surface area (Å²) in [6.07, 6.45) is 1.13. The maximum atomic E-state index is 5.85. The minimum atomic E-state index is 0.633. The van der Waals surface area contributed by atoms with E-state index < -0.39 is 0 Å². The van der Waals surface area contributed by atoms with Crippen LogP contribution in [-0.2, 0) is 0 Å². The number of fused-ring (bicyclic) bond motifs is 2. The molecule has 1 heterocycles. The Bertz CT molecular complexity index is 742. The molecule has 0 aliphatic carbocycles. The van der Waals surface area contributed by atoms with Gasteiger partial charge >= 0.3 is 0 Å². The largest absolute Gasteiger partial charge is 0.490 e. The van der Waals surface area contributed by atoms with Crippen molar-refractivity contribution < 1.29 is 4.74 Å². The van der Waals surface area contributed by atoms with Gasteiger partial charge in [-0.1, -0.05) is 25.1 Å². The molecule has 1 N–H and O–H groups in total. The van der Waals surface area contributed by atoms with Crippen molar-refractivity contribution in [3.63, 3.8) is 0 Å². The van der Waals surface area contributed by atoms with Crippen LogP contribution in [0.5, 0.6) is 5.75 Å². The summed E-state index contributed by atoms with van der Waals surface area (Å²) in [4.78, 5) is 9.32. The van der Waals surface area contributed by atoms with E-state index in [4.69, 9.17) is 4.74 Å². The number of para-hydroxylation sites is 3. The third-order valence-electron chi connectivity index (χ3n) is 3.30. The Kier molecular flexibility index (Phi) is 4.26. The maximum Gasteiger partial charge on any atom is 0.147 e. The van der Waals surface area contributed by atoms with Crippen LogP contribution in [0.4, 0.5) is 0 Å². The zero-order valence-corrected chi connectivity index (χ0v) is 12.2. The molecular formula is C17H19N3O. The summed E-state index contributed by atoms with van der Waals surface area (Å²) >= 11 is 0. The lowest BCUT2D eigenvalue weighted by atomic mass is 10.2. The fraction of sp³-hybridized carbons (Fsp3) is 0.294. The van der Waals surface area contributed by atoms with E-state index in [1.807, 2.05) is 42.5 Å². The second-order valence-electron chi connectivity index (χ2n) is 4.93. The second-order valence-corrected chi connectivity index (χ2v) is 4.93. The lowest BCUT2D eigenvalue weighted by Gasteiger charge is -2.09. The fourth-order valence-corrected chi connectivity index (χ4v) is 2.27. The van der Waals surface area contributed by atoms with Crippen molar-refractivity contribution in [3.8, 4) is 5.75 Å². The predicted molar refractivity (Wildman–Crippen MR) is 85.7 cm³/mol. The number of nitrogens with zero attached hydrogens (tertiary/aromatic N) is 2. The molecule has 21 heavy (non-hydrogen) atoms. The van der Waals surface area contributed by atoms with Crippen molar-refractivity contribution in [3.05, 3.63) is 42.5 Å². The van der Waals surface area contributed by atoms with Gasteiger partial charge in [0, 0.05) is 6.54 Å². The Morgan fingerprint density at radius 2 is 1.67 bits per heavy atom. The van der Waals surface area contributed by atoms with Gasteiger partial charge in [-0.05, 0) is 37.2 Å². The third-order valence-corrected chi connectivity index (χ3v) is 3.30. The minimum Gasteiger partial charge on any atom is -0.490 e. The van der Waals surface area contributed by atoms with Crippen LogP contribution >= 0.6 is 0 Å². The Labute approximate surface area is 124 Å². The van der Waals surface area contributed by atoms with Crippen molar-refractivity contribution in [1.29, 1.82) is 0 Å². The van der Waals surface area contributed by atoms with Gasteiger partial charge in [0.2, 0.25) is 0 Å². The van der Waals surface area contributed by atoms with Gasteiger partial charge in [-0.25, -0.2) is 9.97 Å². The molecule has 0 bridgehead atoms. The van der Waals surface area contributed by atoms with Crippen molar-refractivity contribution >= 4 is 22.1 Å². The van der Waals surface area contributed by atoms with E-state index in [9.17, 15) is 0 Å². The molecule has 0 spiro atoms. The highest BCUT2D eigenvalue weighted by Gasteiger charge is 2.06. The van der Waals surface area contributed by atoms with Gasteiger partial charge in [-0.3, -0.25) is 0 Å². The van der Waals surface area contributed by atoms with E-state index in [0.29, 0.717) is 6.61 Å². The first-order valence-electron chi connectivity index (χ1n) is 7.37. The predicted octanol–water partition coefficient (Wildman–Crippen LogP) is 3.16. The van der Waals surface area contributed by atoms with Crippen LogP contribution in [0.2, 0.25) is 0 Å². The summed E-state index contributed by atoms with van der Waals surface area (Å²) in [6, 6.07) is 13.8. The summed E-state index contributed by atoms with van der Waals surface area (Å²) in [5.74, 6) is 0.795. The fourth-order valence-electron chi connectivity index (χ4n) is 2.27. The molecule has 0 saturated heterocycles. The number of hydrogen-bond acceptors (Lipinski definition) is 4. The number of ether oxygens (including phenoxy) is 1. The summed E-state index contributed by atoms with van der Waals surface area (Å²) in [6.45, 7) is 4.64. The summed E-state index contributed by atoms with van der Waals surface area (Å²) < 4.78 is 5.85. The van der Waals surface area contributed by atoms with E-state index in [-0.39, 0.29) is 0 Å². The number of hydrogen-bond donors (Lipinski definition) is 1. The lowest BCUT2D eigenvalue weighted by Crippen LogP contribution is -2.21. The summed E-state index contributed by atoms with van der Waals surface area (Å²) in [5.41, 5.74) is 3.50. The van der Waals surface area contributed by atoms with E-state index in [1.54, 1.807) is 0 Å². The maximum absolute atomic E-state index is 5.85. The van der Waals surface area contributed by atoms with Crippen LogP contribution in [0.1, 0.15) is 13.3 Å². The molecule has 4 heteroatoms. The molecule has 3 rings (SSSR count). The van der Waals surface area contributed by atoms with Gasteiger partial charge < -0.3 is 10.1 Å². The van der Waals surface area contributed by atoms with Crippen LogP contribution in [0.3, 0.4) is 0 Å². The van der Waals surface area contributed by atoms with Gasteiger partial charge in [0.1, 0.15) is 17.9 Å². The van der Waals surface area contributed by atoms with E-state index in [0.717, 1.165) is 47.3 Å². The molecule has 108 valence electrons. The van der Waals surface area contributed by atoms with Gasteiger partial charge in [0.25, 0.3) is 0 Å². The summed E-state index contributed by atoms with van der Waals surface area (Å²) in [5, 5.41) is 3.32. The summed E-state index contributed by atoms with van der Waals surface area (Å²) in [7, 11) is 0. The molecule has 0 unspecified atom stereocenters. The SMILES string of the molecule is CCCNCCOc1cccc2nc3ccccc3nc12. The monoisotopic (exact) mass is 281 g/mol. The van der Waals surface area contributed by atoms with Crippen molar-refractivity contribution in [1.82, 2.24) is 15.3 Å². The van der Waals surface area contributed by atoms with Crippen molar-refractivity contribution in [2.45, 2.75) is 13.3 Å². The average molecular weight is 281 g/mol. The lowest BCUT2D eigenvalue weighted by molar-refractivity contribution is 0.317. The first-order chi connectivity index (χ1) is 10.4. The molecular weight excluding hydrogens is 262 g/mol. The van der Waals surface area contributed by atoms with Crippen LogP contribution in [-0.4, -0.2) is 29.7 Å². The number of rotatable bonds is 6. The highest BCUT2D eigenvalue weighted by molar-refractivity contribution is 5.89. The Morgan fingerprint density at radius 3 is 2.48 bits per heavy atom. The first kappa shape index (κ1) is 13.8. The highest BCUT2D eigenvalue weighted by Crippen LogP contribution is 2.24. The minimum absolute atomic E-state index is 0.633. The highest BCUT2D eigenvalue weighted by atomic mass is 16.5. The molecule has 2 aromatic carbocycles. The molecule has 0 amide bonds. The Balaban J connectivity index is 1.86. The van der Waals surface area contributed by atoms with E-state index >= 15 is 0 Å². The first-order valence-corrected chi connectivity index (χ1v) is 7.37. The molecule has 0 aliphatic rings. The molecule has 3 aromatic rings. The van der Waals surface area contributed by atoms with Crippen LogP contribution in [0.25, 0.3) is 22.1 Å². The molecule has 0 radical (unpaired) electrons. The quantitative estimate of drug-likeness (QED) is 0.557. The molecule has 0 aliphatic heterocycles. The zero-order chi connectivity index (χ0) is 14.5. The van der Waals surface area contributed by atoms with E-state index in [2.05, 4.69) is 22.2 Å². The molecule has 4 nitrogen and oxygen atoms in total. The number of benzene rings is 2. The van der Waals surface area contributed by atoms with Gasteiger partial charge in [0.05, 0.1) is 16.6 Å². The van der Waals surface area contributed by atoms with Gasteiger partial charge in [-0.15, -0.1) is 0 Å². The topological polar surface area (TPSA) is 47.0 Å². The van der Waals surface area contributed by atoms with Crippen LogP contribution in [0, 0.1) is 0 Å². The standard InChI is InChI=1S/C17H19N3O/c1-2-10-18-11-12-21-16-9-5-8-15-17(16)20-14-7-4-3-6-13(14)19-15/h3-9,18H,2,10-12H2,1H3. The normalized spacial score (nSPS) is 11.1. The van der Waals surface area contributed by atoms with Crippen LogP contribution in [0.15, 0.2) is 42.5 Å². The average Bonchev–Trinajstić information content (AvgIpc) is 2.53.